The van der Waals surface area contributed by atoms with Crippen LogP contribution in [-0.4, -0.2) is 96.7 Å². The molecule has 0 rings (SSSR count). The lowest BCUT2D eigenvalue weighted by Gasteiger charge is -2.21. The number of phosphoric acid groups is 2. The van der Waals surface area contributed by atoms with Crippen molar-refractivity contribution in [1.82, 2.24) is 0 Å². The Labute approximate surface area is 467 Å². The molecule has 0 bridgehead atoms. The highest BCUT2D eigenvalue weighted by molar-refractivity contribution is 7.47. The van der Waals surface area contributed by atoms with Gasteiger partial charge in [-0.2, -0.15) is 0 Å². The van der Waals surface area contributed by atoms with Crippen LogP contribution in [0.15, 0.2) is 0 Å². The third-order valence-electron chi connectivity index (χ3n) is 13.2. The number of carbonyl (C=O) groups excluding carboxylic acids is 4. The lowest BCUT2D eigenvalue weighted by atomic mass is 10.0. The number of phosphoric ester groups is 2. The number of unbranched alkanes of at least 4 members (excludes halogenated alkanes) is 27. The van der Waals surface area contributed by atoms with Gasteiger partial charge in [-0.15, -0.1) is 0 Å². The highest BCUT2D eigenvalue weighted by Gasteiger charge is 2.30. The average molecular weight is 1140 g/mol. The third kappa shape index (κ3) is 53.2. The molecular weight excluding hydrogens is 1030 g/mol. The van der Waals surface area contributed by atoms with E-state index < -0.39 is 97.5 Å². The van der Waals surface area contributed by atoms with Crippen LogP contribution in [0.3, 0.4) is 0 Å². The first-order chi connectivity index (χ1) is 36.9. The van der Waals surface area contributed by atoms with E-state index in [0.717, 1.165) is 109 Å². The topological polar surface area (TPSA) is 237 Å². The molecule has 19 heteroatoms. The van der Waals surface area contributed by atoms with Crippen molar-refractivity contribution in [2.45, 2.75) is 297 Å². The number of rotatable bonds is 57. The summed E-state index contributed by atoms with van der Waals surface area (Å²) in [5.41, 5.74) is 0. The van der Waals surface area contributed by atoms with Gasteiger partial charge in [0.25, 0.3) is 0 Å². The van der Waals surface area contributed by atoms with E-state index in [1.807, 2.05) is 0 Å². The van der Waals surface area contributed by atoms with Gasteiger partial charge in [0.15, 0.2) is 12.2 Å². The molecule has 456 valence electrons. The number of ether oxygens (including phenoxy) is 4. The van der Waals surface area contributed by atoms with Gasteiger partial charge in [-0.3, -0.25) is 37.3 Å². The summed E-state index contributed by atoms with van der Waals surface area (Å²) in [7, 11) is -9.86. The molecule has 0 saturated heterocycles. The molecule has 0 heterocycles. The van der Waals surface area contributed by atoms with Gasteiger partial charge in [0.1, 0.15) is 19.3 Å². The van der Waals surface area contributed by atoms with E-state index in [1.54, 1.807) is 0 Å². The molecule has 0 fully saturated rings. The van der Waals surface area contributed by atoms with E-state index in [0.29, 0.717) is 31.6 Å². The van der Waals surface area contributed by atoms with Gasteiger partial charge in [-0.05, 0) is 37.5 Å². The molecule has 0 radical (unpaired) electrons. The average Bonchev–Trinajstić information content (AvgIpc) is 3.38. The van der Waals surface area contributed by atoms with Crippen LogP contribution in [0.4, 0.5) is 0 Å². The molecule has 77 heavy (non-hydrogen) atoms. The number of aliphatic hydroxyl groups is 1. The maximum absolute atomic E-state index is 12.9. The second-order valence-electron chi connectivity index (χ2n) is 22.0. The number of aliphatic hydroxyl groups excluding tert-OH is 1. The quantitative estimate of drug-likeness (QED) is 0.0222. The molecule has 0 aliphatic heterocycles. The van der Waals surface area contributed by atoms with E-state index in [4.69, 9.17) is 37.0 Å². The molecule has 0 amide bonds. The molecule has 0 aromatic rings. The SMILES string of the molecule is CCCCCCCCCCCC(=O)O[C@H](COC(=O)CCCCCCC)COP(=O)(O)OC[C@H](O)COP(=O)(O)OC[C@@H](COC(=O)CCCCCCCCC(C)C)OC(=O)CCCCCCCCCCCCCC(C)C. The molecule has 0 aromatic carbocycles. The Hall–Kier alpha value is -1.94. The zero-order valence-corrected chi connectivity index (χ0v) is 51.0. The van der Waals surface area contributed by atoms with Crippen molar-refractivity contribution in [1.29, 1.82) is 0 Å². The third-order valence-corrected chi connectivity index (χ3v) is 15.1. The van der Waals surface area contributed by atoms with E-state index in [-0.39, 0.29) is 25.7 Å². The molecular formula is C58H112O17P2. The van der Waals surface area contributed by atoms with Crippen molar-refractivity contribution in [2.24, 2.45) is 11.8 Å². The summed E-state index contributed by atoms with van der Waals surface area (Å²) in [4.78, 5) is 71.6. The Bertz CT molecular complexity index is 1530. The molecule has 0 aliphatic rings. The van der Waals surface area contributed by atoms with Crippen LogP contribution < -0.4 is 0 Å². The van der Waals surface area contributed by atoms with Crippen LogP contribution in [-0.2, 0) is 65.4 Å². The number of carbonyl (C=O) groups is 4. The number of esters is 4. The van der Waals surface area contributed by atoms with E-state index in [1.165, 1.54) is 83.5 Å². The molecule has 2 unspecified atom stereocenters. The molecule has 0 aliphatic carbocycles. The second-order valence-corrected chi connectivity index (χ2v) is 24.9. The minimum atomic E-state index is -4.94. The molecule has 0 aromatic heterocycles. The summed E-state index contributed by atoms with van der Waals surface area (Å²) in [6, 6.07) is 0. The maximum Gasteiger partial charge on any atom is 0.472 e. The standard InChI is InChI=1S/C58H112O17P2/c1-7-9-11-13-14-18-22-30-36-42-57(62)74-53(46-68-55(60)40-34-26-12-10-8-2)48-72-76(64,65)70-44-52(59)45-71-77(66,67)73-49-54(47-69-56(61)41-35-29-25-24-28-33-39-51(5)6)75-58(63)43-37-31-23-20-17-15-16-19-21-27-32-38-50(3)4/h50-54,59H,7-49H2,1-6H3,(H,64,65)(H,66,67)/t52-,53+,54+/m0/s1. The fraction of sp³-hybridized carbons (Fsp3) is 0.931. The highest BCUT2D eigenvalue weighted by Crippen LogP contribution is 2.45. The largest absolute Gasteiger partial charge is 0.472 e. The first kappa shape index (κ1) is 75.1. The first-order valence-electron chi connectivity index (χ1n) is 30.5. The summed E-state index contributed by atoms with van der Waals surface area (Å²) >= 11 is 0. The van der Waals surface area contributed by atoms with Crippen LogP contribution in [0.5, 0.6) is 0 Å². The van der Waals surface area contributed by atoms with Crippen LogP contribution >= 0.6 is 15.6 Å². The molecule has 3 N–H and O–H groups in total. The van der Waals surface area contributed by atoms with E-state index in [2.05, 4.69) is 41.5 Å². The zero-order valence-electron chi connectivity index (χ0n) is 49.2. The van der Waals surface area contributed by atoms with E-state index in [9.17, 15) is 43.2 Å². The fourth-order valence-electron chi connectivity index (χ4n) is 8.47. The van der Waals surface area contributed by atoms with Crippen molar-refractivity contribution in [3.8, 4) is 0 Å². The summed E-state index contributed by atoms with van der Waals surface area (Å²) < 4.78 is 67.5. The Balaban J connectivity index is 5.17. The first-order valence-corrected chi connectivity index (χ1v) is 33.5. The molecule has 17 nitrogen and oxygen atoms in total. The molecule has 0 spiro atoms. The zero-order chi connectivity index (χ0) is 57.3. The van der Waals surface area contributed by atoms with Crippen LogP contribution in [0.25, 0.3) is 0 Å². The van der Waals surface area contributed by atoms with E-state index >= 15 is 0 Å². The van der Waals surface area contributed by atoms with Gasteiger partial charge >= 0.3 is 39.5 Å². The minimum Gasteiger partial charge on any atom is -0.462 e. The summed E-state index contributed by atoms with van der Waals surface area (Å²) in [6.45, 7) is 9.26. The lowest BCUT2D eigenvalue weighted by molar-refractivity contribution is -0.161. The van der Waals surface area contributed by atoms with Gasteiger partial charge in [0.05, 0.1) is 26.4 Å². The summed E-state index contributed by atoms with van der Waals surface area (Å²) in [5, 5.41) is 10.5. The maximum atomic E-state index is 12.9. The summed E-state index contributed by atoms with van der Waals surface area (Å²) in [6.07, 6.45) is 31.2. The predicted octanol–water partition coefficient (Wildman–Crippen LogP) is 15.3. The van der Waals surface area contributed by atoms with Gasteiger partial charge in [-0.25, -0.2) is 9.13 Å². The van der Waals surface area contributed by atoms with Crippen molar-refractivity contribution in [3.05, 3.63) is 0 Å². The highest BCUT2D eigenvalue weighted by atomic mass is 31.2. The Morgan fingerprint density at radius 3 is 0.883 bits per heavy atom. The van der Waals surface area contributed by atoms with Crippen LogP contribution in [0.1, 0.15) is 279 Å². The smallest absolute Gasteiger partial charge is 0.462 e. The number of hydrogen-bond acceptors (Lipinski definition) is 15. The van der Waals surface area contributed by atoms with Crippen molar-refractivity contribution < 1.29 is 80.2 Å². The van der Waals surface area contributed by atoms with Gasteiger partial charge in [0.2, 0.25) is 0 Å². The fourth-order valence-corrected chi connectivity index (χ4v) is 10.0. The van der Waals surface area contributed by atoms with Crippen molar-refractivity contribution in [3.63, 3.8) is 0 Å². The lowest BCUT2D eigenvalue weighted by Crippen LogP contribution is -2.30. The molecule has 5 atom stereocenters. The monoisotopic (exact) mass is 1140 g/mol. The second kappa shape index (κ2) is 51.0. The van der Waals surface area contributed by atoms with Gasteiger partial charge < -0.3 is 33.8 Å². The van der Waals surface area contributed by atoms with Gasteiger partial charge in [0, 0.05) is 25.7 Å². The normalized spacial score (nSPS) is 14.5. The van der Waals surface area contributed by atoms with Crippen LogP contribution in [0.2, 0.25) is 0 Å². The minimum absolute atomic E-state index is 0.104. The Morgan fingerprint density at radius 1 is 0.351 bits per heavy atom. The van der Waals surface area contributed by atoms with Crippen molar-refractivity contribution in [2.75, 3.05) is 39.6 Å². The van der Waals surface area contributed by atoms with Gasteiger partial charge in [-0.1, -0.05) is 228 Å². The Morgan fingerprint density at radius 2 is 0.597 bits per heavy atom. The van der Waals surface area contributed by atoms with Crippen LogP contribution in [0, 0.1) is 11.8 Å². The summed E-state index contributed by atoms with van der Waals surface area (Å²) in [5.74, 6) is -0.711. The number of hydrogen-bond donors (Lipinski definition) is 3. The Kier molecular flexibility index (Phi) is 49.7. The van der Waals surface area contributed by atoms with Crippen molar-refractivity contribution >= 4 is 39.5 Å². The predicted molar refractivity (Wildman–Crippen MR) is 303 cm³/mol. The molecule has 0 saturated carbocycles.